The standard InChI is InChI=1S/C19H24N4O/c1-14-21-18-13-20-17-6-4-3-5-16(17)19(18)23(14)15-7-9-22(10-8-15)11-12-24-2/h3-6,13,15H,7-12H2,1-2H3. The molecule has 0 unspecified atom stereocenters. The summed E-state index contributed by atoms with van der Waals surface area (Å²) in [6, 6.07) is 8.89. The second kappa shape index (κ2) is 6.49. The van der Waals surface area contributed by atoms with E-state index in [0.29, 0.717) is 6.04 Å². The molecule has 2 aromatic heterocycles. The number of pyridine rings is 1. The summed E-state index contributed by atoms with van der Waals surface area (Å²) in [5.41, 5.74) is 3.30. The van der Waals surface area contributed by atoms with Gasteiger partial charge in [0, 0.05) is 38.2 Å². The summed E-state index contributed by atoms with van der Waals surface area (Å²) >= 11 is 0. The second-order valence-electron chi connectivity index (χ2n) is 6.60. The van der Waals surface area contributed by atoms with Gasteiger partial charge in [-0.15, -0.1) is 0 Å². The molecule has 0 radical (unpaired) electrons. The summed E-state index contributed by atoms with van der Waals surface area (Å²) in [7, 11) is 1.77. The lowest BCUT2D eigenvalue weighted by atomic mass is 10.0. The molecule has 0 saturated carbocycles. The maximum Gasteiger partial charge on any atom is 0.108 e. The van der Waals surface area contributed by atoms with Gasteiger partial charge in [-0.3, -0.25) is 4.98 Å². The number of likely N-dealkylation sites (tertiary alicyclic amines) is 1. The van der Waals surface area contributed by atoms with Crippen molar-refractivity contribution in [2.45, 2.75) is 25.8 Å². The van der Waals surface area contributed by atoms with E-state index in [2.05, 4.69) is 39.6 Å². The molecule has 0 amide bonds. The van der Waals surface area contributed by atoms with Crippen LogP contribution in [0.4, 0.5) is 0 Å². The summed E-state index contributed by atoms with van der Waals surface area (Å²) < 4.78 is 7.66. The number of methoxy groups -OCH3 is 1. The normalized spacial score (nSPS) is 17.1. The highest BCUT2D eigenvalue weighted by atomic mass is 16.5. The van der Waals surface area contributed by atoms with Crippen LogP contribution in [0.3, 0.4) is 0 Å². The van der Waals surface area contributed by atoms with E-state index in [-0.39, 0.29) is 0 Å². The molecule has 5 nitrogen and oxygen atoms in total. The lowest BCUT2D eigenvalue weighted by Gasteiger charge is -2.33. The van der Waals surface area contributed by atoms with Gasteiger partial charge in [0.15, 0.2) is 0 Å². The van der Waals surface area contributed by atoms with Crippen LogP contribution >= 0.6 is 0 Å². The lowest BCUT2D eigenvalue weighted by molar-refractivity contribution is 0.122. The Balaban J connectivity index is 1.69. The largest absolute Gasteiger partial charge is 0.383 e. The minimum atomic E-state index is 0.514. The highest BCUT2D eigenvalue weighted by molar-refractivity contribution is 6.02. The Kier molecular flexibility index (Phi) is 4.21. The average Bonchev–Trinajstić information content (AvgIpc) is 2.97. The van der Waals surface area contributed by atoms with Gasteiger partial charge in [-0.1, -0.05) is 18.2 Å². The molecular weight excluding hydrogens is 300 g/mol. The molecule has 1 aromatic carbocycles. The summed E-state index contributed by atoms with van der Waals surface area (Å²) in [5, 5.41) is 1.21. The van der Waals surface area contributed by atoms with Crippen LogP contribution in [0.25, 0.3) is 21.9 Å². The molecule has 3 heterocycles. The third-order valence-electron chi connectivity index (χ3n) is 5.13. The molecule has 24 heavy (non-hydrogen) atoms. The molecule has 0 spiro atoms. The SMILES string of the molecule is COCCN1CCC(n2c(C)nc3cnc4ccccc4c32)CC1. The van der Waals surface area contributed by atoms with Gasteiger partial charge in [0.25, 0.3) is 0 Å². The van der Waals surface area contributed by atoms with Crippen molar-refractivity contribution in [3.8, 4) is 0 Å². The van der Waals surface area contributed by atoms with Gasteiger partial charge < -0.3 is 14.2 Å². The van der Waals surface area contributed by atoms with Gasteiger partial charge in [-0.2, -0.15) is 0 Å². The zero-order valence-corrected chi connectivity index (χ0v) is 14.4. The van der Waals surface area contributed by atoms with Crippen LogP contribution in [0, 0.1) is 6.92 Å². The highest BCUT2D eigenvalue weighted by Gasteiger charge is 2.24. The van der Waals surface area contributed by atoms with Crippen molar-refractivity contribution in [3.05, 3.63) is 36.3 Å². The summed E-state index contributed by atoms with van der Waals surface area (Å²) in [4.78, 5) is 11.8. The van der Waals surface area contributed by atoms with Crippen LogP contribution in [0.2, 0.25) is 0 Å². The first-order valence-corrected chi connectivity index (χ1v) is 8.71. The fourth-order valence-electron chi connectivity index (χ4n) is 3.91. The van der Waals surface area contributed by atoms with Gasteiger partial charge in [-0.25, -0.2) is 4.98 Å². The van der Waals surface area contributed by atoms with Gasteiger partial charge in [-0.05, 0) is 25.8 Å². The van der Waals surface area contributed by atoms with Crippen molar-refractivity contribution in [3.63, 3.8) is 0 Å². The average molecular weight is 324 g/mol. The van der Waals surface area contributed by atoms with E-state index in [4.69, 9.17) is 9.72 Å². The Morgan fingerprint density at radius 1 is 1.17 bits per heavy atom. The molecular formula is C19H24N4O. The Morgan fingerprint density at radius 2 is 1.96 bits per heavy atom. The molecule has 1 fully saturated rings. The zero-order chi connectivity index (χ0) is 16.5. The number of nitrogens with zero attached hydrogens (tertiary/aromatic N) is 4. The first-order valence-electron chi connectivity index (χ1n) is 8.71. The van der Waals surface area contributed by atoms with E-state index < -0.39 is 0 Å². The van der Waals surface area contributed by atoms with Gasteiger partial charge in [0.2, 0.25) is 0 Å². The van der Waals surface area contributed by atoms with E-state index in [1.165, 1.54) is 10.9 Å². The number of piperidine rings is 1. The number of aromatic nitrogens is 3. The minimum absolute atomic E-state index is 0.514. The maximum atomic E-state index is 5.20. The van der Waals surface area contributed by atoms with Crippen molar-refractivity contribution < 1.29 is 4.74 Å². The Labute approximate surface area is 142 Å². The van der Waals surface area contributed by atoms with E-state index in [1.54, 1.807) is 7.11 Å². The number of aryl methyl sites for hydroxylation is 1. The molecule has 1 saturated heterocycles. The lowest BCUT2D eigenvalue weighted by Crippen LogP contribution is -2.36. The van der Waals surface area contributed by atoms with Crippen molar-refractivity contribution >= 4 is 21.9 Å². The Bertz CT molecular complexity index is 849. The van der Waals surface area contributed by atoms with Crippen LogP contribution in [0.1, 0.15) is 24.7 Å². The molecule has 0 N–H and O–H groups in total. The van der Waals surface area contributed by atoms with Crippen LogP contribution in [-0.2, 0) is 4.74 Å². The molecule has 0 bridgehead atoms. The number of imidazole rings is 1. The molecule has 1 aliphatic heterocycles. The fraction of sp³-hybridized carbons (Fsp3) is 0.474. The second-order valence-corrected chi connectivity index (χ2v) is 6.60. The maximum absolute atomic E-state index is 5.20. The predicted molar refractivity (Wildman–Crippen MR) is 96.4 cm³/mol. The number of ether oxygens (including phenoxy) is 1. The number of rotatable bonds is 4. The monoisotopic (exact) mass is 324 g/mol. The van der Waals surface area contributed by atoms with Gasteiger partial charge in [0.1, 0.15) is 11.3 Å². The highest BCUT2D eigenvalue weighted by Crippen LogP contribution is 2.31. The topological polar surface area (TPSA) is 43.2 Å². The fourth-order valence-corrected chi connectivity index (χ4v) is 3.91. The van der Waals surface area contributed by atoms with Crippen LogP contribution in [-0.4, -0.2) is 52.8 Å². The smallest absolute Gasteiger partial charge is 0.108 e. The van der Waals surface area contributed by atoms with Crippen molar-refractivity contribution in [2.24, 2.45) is 0 Å². The number of hydrogen-bond acceptors (Lipinski definition) is 4. The van der Waals surface area contributed by atoms with Gasteiger partial charge >= 0.3 is 0 Å². The van der Waals surface area contributed by atoms with Crippen molar-refractivity contribution in [1.82, 2.24) is 19.4 Å². The van der Waals surface area contributed by atoms with E-state index >= 15 is 0 Å². The van der Waals surface area contributed by atoms with Crippen LogP contribution in [0.15, 0.2) is 30.5 Å². The first kappa shape index (κ1) is 15.5. The van der Waals surface area contributed by atoms with Crippen LogP contribution in [0.5, 0.6) is 0 Å². The van der Waals surface area contributed by atoms with Gasteiger partial charge in [0.05, 0.1) is 23.8 Å². The first-order chi connectivity index (χ1) is 11.8. The third-order valence-corrected chi connectivity index (χ3v) is 5.13. The molecule has 4 rings (SSSR count). The summed E-state index contributed by atoms with van der Waals surface area (Å²) in [6.45, 7) is 6.20. The molecule has 0 atom stereocenters. The van der Waals surface area contributed by atoms with Crippen LogP contribution < -0.4 is 0 Å². The number of para-hydroxylation sites is 1. The quantitative estimate of drug-likeness (QED) is 0.739. The van der Waals surface area contributed by atoms with E-state index in [9.17, 15) is 0 Å². The zero-order valence-electron chi connectivity index (χ0n) is 14.4. The molecule has 0 aliphatic carbocycles. The number of fused-ring (bicyclic) bond motifs is 3. The molecule has 5 heteroatoms. The third kappa shape index (κ3) is 2.68. The number of hydrogen-bond donors (Lipinski definition) is 0. The summed E-state index contributed by atoms with van der Waals surface area (Å²) in [5.74, 6) is 1.10. The summed E-state index contributed by atoms with van der Waals surface area (Å²) in [6.07, 6.45) is 4.23. The number of benzene rings is 1. The van der Waals surface area contributed by atoms with E-state index in [1.807, 2.05) is 12.3 Å². The Morgan fingerprint density at radius 3 is 2.75 bits per heavy atom. The van der Waals surface area contributed by atoms with E-state index in [0.717, 1.165) is 55.9 Å². The Hall–Kier alpha value is -1.98. The van der Waals surface area contributed by atoms with Crippen molar-refractivity contribution in [2.75, 3.05) is 33.4 Å². The molecule has 1 aliphatic rings. The minimum Gasteiger partial charge on any atom is -0.383 e. The molecule has 126 valence electrons. The molecule has 3 aromatic rings. The predicted octanol–water partition coefficient (Wildman–Crippen LogP) is 3.18. The van der Waals surface area contributed by atoms with Crippen molar-refractivity contribution in [1.29, 1.82) is 0 Å².